The summed E-state index contributed by atoms with van der Waals surface area (Å²) in [5.41, 5.74) is 2.59. The van der Waals surface area contributed by atoms with E-state index >= 15 is 0 Å². The average molecular weight is 437 g/mol. The molecule has 1 atom stereocenters. The van der Waals surface area contributed by atoms with Crippen LogP contribution >= 0.6 is 0 Å². The minimum absolute atomic E-state index is 0.221. The highest BCUT2D eigenvalue weighted by Gasteiger charge is 2.46. The normalized spacial score (nSPS) is 14.4. The highest BCUT2D eigenvalue weighted by Crippen LogP contribution is 2.46. The standard InChI is InChI=1S/C15H17F2N3O.C9H8N2/c1-4-11-5-6-13(12(7-11)8-18)19-9-10(2)20-14(21)15(3,16)17;10-7-9(4-5-9)8-3-1-2-6-11-8/h1,5-8,10,18-19H,9H2,2-3H3,(H,20,21);1-3,6H,4-5H2. The van der Waals surface area contributed by atoms with Crippen LogP contribution in [0.15, 0.2) is 42.6 Å². The van der Waals surface area contributed by atoms with Crippen LogP contribution in [0.2, 0.25) is 0 Å². The van der Waals surface area contributed by atoms with Gasteiger partial charge in [0.25, 0.3) is 5.91 Å². The van der Waals surface area contributed by atoms with Crippen molar-refractivity contribution in [2.24, 2.45) is 0 Å². The van der Waals surface area contributed by atoms with Gasteiger partial charge in [-0.2, -0.15) is 14.0 Å². The molecule has 3 N–H and O–H groups in total. The third-order valence-electron chi connectivity index (χ3n) is 4.87. The van der Waals surface area contributed by atoms with Crippen LogP contribution in [0.5, 0.6) is 0 Å². The fourth-order valence-electron chi connectivity index (χ4n) is 2.79. The monoisotopic (exact) mass is 437 g/mol. The molecule has 0 saturated heterocycles. The number of hydrogen-bond acceptors (Lipinski definition) is 5. The van der Waals surface area contributed by atoms with E-state index in [1.165, 1.54) is 0 Å². The summed E-state index contributed by atoms with van der Waals surface area (Å²) in [5.74, 6) is -2.25. The van der Waals surface area contributed by atoms with Gasteiger partial charge in [0.2, 0.25) is 0 Å². The topological polar surface area (TPSA) is 102 Å². The van der Waals surface area contributed by atoms with Crippen molar-refractivity contribution < 1.29 is 13.6 Å². The zero-order valence-corrected chi connectivity index (χ0v) is 18.0. The molecule has 1 amide bonds. The number of carbonyl (C=O) groups excluding carboxylic acids is 1. The summed E-state index contributed by atoms with van der Waals surface area (Å²) in [6.07, 6.45) is 10.1. The Hall–Kier alpha value is -3.78. The summed E-state index contributed by atoms with van der Waals surface area (Å²) in [6.45, 7) is 2.41. The van der Waals surface area contributed by atoms with E-state index in [0.29, 0.717) is 23.7 Å². The van der Waals surface area contributed by atoms with Gasteiger partial charge in [-0.15, -0.1) is 6.42 Å². The Morgan fingerprint density at radius 1 is 1.41 bits per heavy atom. The number of anilines is 1. The molecule has 166 valence electrons. The number of amides is 1. The number of carbonyl (C=O) groups is 1. The molecule has 8 heteroatoms. The van der Waals surface area contributed by atoms with Crippen LogP contribution in [-0.2, 0) is 10.2 Å². The summed E-state index contributed by atoms with van der Waals surface area (Å²) in [6, 6.07) is 12.6. The number of nitrogens with zero attached hydrogens (tertiary/aromatic N) is 2. The molecule has 1 aliphatic carbocycles. The molecule has 1 heterocycles. The zero-order valence-electron chi connectivity index (χ0n) is 18.0. The van der Waals surface area contributed by atoms with E-state index in [9.17, 15) is 13.6 Å². The first-order valence-corrected chi connectivity index (χ1v) is 10.0. The first kappa shape index (κ1) is 24.5. The Morgan fingerprint density at radius 2 is 2.12 bits per heavy atom. The maximum absolute atomic E-state index is 12.8. The second-order valence-electron chi connectivity index (χ2n) is 7.64. The van der Waals surface area contributed by atoms with Gasteiger partial charge in [0.1, 0.15) is 0 Å². The number of halogens is 2. The minimum atomic E-state index is -3.40. The Kier molecular flexibility index (Phi) is 8.03. The number of alkyl halides is 2. The van der Waals surface area contributed by atoms with Crippen LogP contribution in [0.4, 0.5) is 14.5 Å². The van der Waals surface area contributed by atoms with E-state index in [2.05, 4.69) is 27.6 Å². The van der Waals surface area contributed by atoms with Gasteiger partial charge in [0.05, 0.1) is 17.2 Å². The zero-order chi connectivity index (χ0) is 23.8. The van der Waals surface area contributed by atoms with E-state index in [1.54, 1.807) is 31.3 Å². The lowest BCUT2D eigenvalue weighted by Crippen LogP contribution is -2.45. The van der Waals surface area contributed by atoms with Gasteiger partial charge in [-0.3, -0.25) is 9.78 Å². The second-order valence-corrected chi connectivity index (χ2v) is 7.64. The molecular formula is C24H25F2N5O. The fourth-order valence-corrected chi connectivity index (χ4v) is 2.79. The Bertz CT molecular complexity index is 1030. The third kappa shape index (κ3) is 6.61. The van der Waals surface area contributed by atoms with Crippen LogP contribution < -0.4 is 10.6 Å². The molecule has 1 aromatic carbocycles. The summed E-state index contributed by atoms with van der Waals surface area (Å²) >= 11 is 0. The van der Waals surface area contributed by atoms with Crippen LogP contribution in [0.3, 0.4) is 0 Å². The number of hydrogen-bond donors (Lipinski definition) is 3. The van der Waals surface area contributed by atoms with Crippen molar-refractivity contribution in [1.82, 2.24) is 10.3 Å². The molecule has 3 rings (SSSR count). The Balaban J connectivity index is 0.000000273. The molecule has 1 aromatic heterocycles. The van der Waals surface area contributed by atoms with E-state index in [-0.39, 0.29) is 12.0 Å². The number of aromatic nitrogens is 1. The minimum Gasteiger partial charge on any atom is -0.382 e. The SMILES string of the molecule is C#Cc1ccc(NCC(C)NC(=O)C(C)(F)F)c(C=N)c1.N#CC1(c2ccccn2)CC1. The Morgan fingerprint density at radius 3 is 2.62 bits per heavy atom. The molecule has 0 spiro atoms. The molecule has 32 heavy (non-hydrogen) atoms. The van der Waals surface area contributed by atoms with Gasteiger partial charge in [0.15, 0.2) is 0 Å². The van der Waals surface area contributed by atoms with Crippen molar-refractivity contribution in [2.45, 2.75) is 44.1 Å². The van der Waals surface area contributed by atoms with E-state index in [1.807, 2.05) is 18.2 Å². The summed E-state index contributed by atoms with van der Waals surface area (Å²) in [4.78, 5) is 15.3. The van der Waals surface area contributed by atoms with Crippen LogP contribution in [0.1, 0.15) is 43.5 Å². The number of benzene rings is 1. The molecule has 0 aliphatic heterocycles. The maximum Gasteiger partial charge on any atom is 0.321 e. The second kappa shape index (κ2) is 10.5. The maximum atomic E-state index is 12.8. The van der Waals surface area contributed by atoms with E-state index in [0.717, 1.165) is 24.8 Å². The summed E-state index contributed by atoms with van der Waals surface area (Å²) in [5, 5.41) is 21.4. The molecular weight excluding hydrogens is 412 g/mol. The van der Waals surface area contributed by atoms with Crippen LogP contribution in [0.25, 0.3) is 0 Å². The number of rotatable bonds is 7. The highest BCUT2D eigenvalue weighted by atomic mass is 19.3. The average Bonchev–Trinajstić information content (AvgIpc) is 3.59. The number of terminal acetylenes is 1. The molecule has 0 bridgehead atoms. The number of nitrogens with one attached hydrogen (secondary N) is 3. The first-order chi connectivity index (χ1) is 15.1. The lowest BCUT2D eigenvalue weighted by molar-refractivity contribution is -0.143. The number of nitriles is 1. The number of pyridine rings is 1. The smallest absolute Gasteiger partial charge is 0.321 e. The van der Waals surface area contributed by atoms with Crippen molar-refractivity contribution in [3.05, 3.63) is 59.4 Å². The highest BCUT2D eigenvalue weighted by molar-refractivity contribution is 5.86. The third-order valence-corrected chi connectivity index (χ3v) is 4.87. The molecule has 1 aliphatic rings. The van der Waals surface area contributed by atoms with Gasteiger partial charge < -0.3 is 16.0 Å². The first-order valence-electron chi connectivity index (χ1n) is 10.0. The fraction of sp³-hybridized carbons (Fsp3) is 0.333. The summed E-state index contributed by atoms with van der Waals surface area (Å²) < 4.78 is 25.5. The van der Waals surface area contributed by atoms with Crippen molar-refractivity contribution >= 4 is 17.8 Å². The van der Waals surface area contributed by atoms with Gasteiger partial charge in [-0.05, 0) is 50.1 Å². The quantitative estimate of drug-likeness (QED) is 0.452. The predicted octanol–water partition coefficient (Wildman–Crippen LogP) is 3.87. The van der Waals surface area contributed by atoms with E-state index < -0.39 is 17.9 Å². The van der Waals surface area contributed by atoms with Crippen molar-refractivity contribution in [2.75, 3.05) is 11.9 Å². The van der Waals surface area contributed by atoms with Crippen molar-refractivity contribution in [1.29, 1.82) is 10.7 Å². The van der Waals surface area contributed by atoms with Gasteiger partial charge in [0, 0.05) is 48.7 Å². The predicted molar refractivity (Wildman–Crippen MR) is 120 cm³/mol. The van der Waals surface area contributed by atoms with Crippen molar-refractivity contribution in [3.63, 3.8) is 0 Å². The molecule has 2 aromatic rings. The summed E-state index contributed by atoms with van der Waals surface area (Å²) in [7, 11) is 0. The molecule has 1 unspecified atom stereocenters. The van der Waals surface area contributed by atoms with Gasteiger partial charge in [-0.25, -0.2) is 0 Å². The van der Waals surface area contributed by atoms with Gasteiger partial charge >= 0.3 is 5.92 Å². The molecule has 6 nitrogen and oxygen atoms in total. The molecule has 1 saturated carbocycles. The molecule has 0 radical (unpaired) electrons. The molecule has 1 fully saturated rings. The van der Waals surface area contributed by atoms with Crippen molar-refractivity contribution in [3.8, 4) is 18.4 Å². The van der Waals surface area contributed by atoms with Crippen LogP contribution in [-0.4, -0.2) is 35.6 Å². The largest absolute Gasteiger partial charge is 0.382 e. The van der Waals surface area contributed by atoms with E-state index in [4.69, 9.17) is 17.1 Å². The van der Waals surface area contributed by atoms with Crippen LogP contribution in [0, 0.1) is 29.1 Å². The lowest BCUT2D eigenvalue weighted by Gasteiger charge is -2.18. The lowest BCUT2D eigenvalue weighted by atomic mass is 10.0. The Labute approximate surface area is 186 Å². The van der Waals surface area contributed by atoms with Gasteiger partial charge in [-0.1, -0.05) is 12.0 Å².